The predicted octanol–water partition coefficient (Wildman–Crippen LogP) is 3.14. The summed E-state index contributed by atoms with van der Waals surface area (Å²) in [6, 6.07) is 14.3. The molecule has 24 heavy (non-hydrogen) atoms. The average molecular weight is 406 g/mol. The lowest BCUT2D eigenvalue weighted by molar-refractivity contribution is -0.119. The number of hydrazine groups is 1. The van der Waals surface area contributed by atoms with E-state index in [1.807, 2.05) is 24.3 Å². The van der Waals surface area contributed by atoms with Gasteiger partial charge in [0.1, 0.15) is 5.52 Å². The van der Waals surface area contributed by atoms with Crippen molar-refractivity contribution >= 4 is 50.6 Å². The number of aromatic nitrogens is 1. The first-order chi connectivity index (χ1) is 11.6. The van der Waals surface area contributed by atoms with Crippen LogP contribution in [-0.2, 0) is 4.79 Å². The molecule has 0 bridgehead atoms. The van der Waals surface area contributed by atoms with Crippen LogP contribution in [-0.4, -0.2) is 22.6 Å². The van der Waals surface area contributed by atoms with E-state index < -0.39 is 5.91 Å². The molecule has 0 aliphatic carbocycles. The van der Waals surface area contributed by atoms with Crippen LogP contribution < -0.4 is 10.9 Å². The van der Waals surface area contributed by atoms with Gasteiger partial charge in [-0.1, -0.05) is 36.0 Å². The van der Waals surface area contributed by atoms with Gasteiger partial charge in [0.15, 0.2) is 5.58 Å². The number of fused-ring (bicyclic) bond motifs is 1. The molecule has 0 unspecified atom stereocenters. The van der Waals surface area contributed by atoms with Crippen molar-refractivity contribution in [2.24, 2.45) is 0 Å². The molecule has 0 saturated heterocycles. The van der Waals surface area contributed by atoms with Gasteiger partial charge in [-0.25, -0.2) is 4.98 Å². The van der Waals surface area contributed by atoms with Gasteiger partial charge in [0, 0.05) is 4.47 Å². The van der Waals surface area contributed by atoms with E-state index in [-0.39, 0.29) is 11.7 Å². The third kappa shape index (κ3) is 3.95. The molecular formula is C16H12BrN3O3S. The molecule has 3 aromatic rings. The summed E-state index contributed by atoms with van der Waals surface area (Å²) in [7, 11) is 0. The Kier molecular flexibility index (Phi) is 5.17. The Labute approximate surface area is 150 Å². The van der Waals surface area contributed by atoms with E-state index in [1.54, 1.807) is 24.3 Å². The summed E-state index contributed by atoms with van der Waals surface area (Å²) < 4.78 is 6.16. The van der Waals surface area contributed by atoms with E-state index in [4.69, 9.17) is 4.42 Å². The number of halogens is 1. The molecular weight excluding hydrogens is 394 g/mol. The van der Waals surface area contributed by atoms with Gasteiger partial charge in [-0.2, -0.15) is 0 Å². The molecule has 2 N–H and O–H groups in total. The number of amides is 2. The van der Waals surface area contributed by atoms with Crippen LogP contribution in [0.25, 0.3) is 11.1 Å². The lowest BCUT2D eigenvalue weighted by atomic mass is 10.2. The van der Waals surface area contributed by atoms with E-state index in [1.165, 1.54) is 0 Å². The molecule has 8 heteroatoms. The lowest BCUT2D eigenvalue weighted by Gasteiger charge is -2.07. The van der Waals surface area contributed by atoms with Crippen LogP contribution in [0, 0.1) is 0 Å². The molecule has 0 aliphatic heterocycles. The number of carbonyl (C=O) groups excluding carboxylic acids is 2. The molecule has 0 saturated carbocycles. The minimum Gasteiger partial charge on any atom is -0.431 e. The molecule has 0 atom stereocenters. The Balaban J connectivity index is 1.51. The second-order valence-corrected chi connectivity index (χ2v) is 6.50. The molecule has 6 nitrogen and oxygen atoms in total. The van der Waals surface area contributed by atoms with Gasteiger partial charge >= 0.3 is 0 Å². The van der Waals surface area contributed by atoms with E-state index >= 15 is 0 Å². The third-order valence-corrected chi connectivity index (χ3v) is 4.55. The largest absolute Gasteiger partial charge is 0.431 e. The Hall–Kier alpha value is -2.32. The molecule has 0 radical (unpaired) electrons. The van der Waals surface area contributed by atoms with Gasteiger partial charge in [-0.3, -0.25) is 20.4 Å². The van der Waals surface area contributed by atoms with Gasteiger partial charge < -0.3 is 4.42 Å². The number of benzene rings is 2. The third-order valence-electron chi connectivity index (χ3n) is 3.03. The van der Waals surface area contributed by atoms with Crippen LogP contribution in [0.4, 0.5) is 0 Å². The quantitative estimate of drug-likeness (QED) is 0.514. The first kappa shape index (κ1) is 16.5. The lowest BCUT2D eigenvalue weighted by Crippen LogP contribution is -2.42. The van der Waals surface area contributed by atoms with Crippen molar-refractivity contribution in [3.8, 4) is 0 Å². The van der Waals surface area contributed by atoms with Gasteiger partial charge in [-0.15, -0.1) is 0 Å². The number of nitrogens with one attached hydrogen (secondary N) is 2. The highest BCUT2D eigenvalue weighted by Gasteiger charge is 2.12. The van der Waals surface area contributed by atoms with Crippen molar-refractivity contribution in [1.82, 2.24) is 15.8 Å². The van der Waals surface area contributed by atoms with Crippen LogP contribution in [0.1, 0.15) is 10.4 Å². The van der Waals surface area contributed by atoms with Gasteiger partial charge in [0.2, 0.25) is 5.91 Å². The number of hydrogen-bond donors (Lipinski definition) is 2. The zero-order valence-electron chi connectivity index (χ0n) is 12.3. The summed E-state index contributed by atoms with van der Waals surface area (Å²) in [5.74, 6) is -0.686. The number of oxazole rings is 1. The second-order valence-electron chi connectivity index (χ2n) is 4.72. The molecule has 1 aromatic heterocycles. The first-order valence-electron chi connectivity index (χ1n) is 6.95. The van der Waals surface area contributed by atoms with Crippen LogP contribution in [0.15, 0.2) is 62.6 Å². The normalized spacial score (nSPS) is 10.5. The summed E-state index contributed by atoms with van der Waals surface area (Å²) in [6.45, 7) is 0. The first-order valence-corrected chi connectivity index (χ1v) is 8.73. The van der Waals surface area contributed by atoms with E-state index in [0.29, 0.717) is 20.8 Å². The minimum atomic E-state index is -0.400. The van der Waals surface area contributed by atoms with Crippen LogP contribution in [0.5, 0.6) is 0 Å². The standard InChI is InChI=1S/C16H12BrN3O3S/c17-11-6-2-1-5-10(11)15(22)20-19-14(21)9-24-16-18-12-7-3-4-8-13(12)23-16/h1-8H,9H2,(H,19,21)(H,20,22). The van der Waals surface area contributed by atoms with Crippen molar-refractivity contribution in [2.75, 3.05) is 5.75 Å². The maximum atomic E-state index is 12.0. The summed E-state index contributed by atoms with van der Waals surface area (Å²) in [4.78, 5) is 28.1. The van der Waals surface area contributed by atoms with Crippen LogP contribution in [0.2, 0.25) is 0 Å². The number of para-hydroxylation sites is 2. The molecule has 0 fully saturated rings. The Morgan fingerprint density at radius 2 is 1.83 bits per heavy atom. The van der Waals surface area contributed by atoms with Crippen molar-refractivity contribution in [3.63, 3.8) is 0 Å². The number of thioether (sulfide) groups is 1. The van der Waals surface area contributed by atoms with Crippen molar-refractivity contribution in [2.45, 2.75) is 5.22 Å². The van der Waals surface area contributed by atoms with Crippen molar-refractivity contribution < 1.29 is 14.0 Å². The fraction of sp³-hybridized carbons (Fsp3) is 0.0625. The minimum absolute atomic E-state index is 0.0725. The topological polar surface area (TPSA) is 84.2 Å². The van der Waals surface area contributed by atoms with E-state index in [0.717, 1.165) is 17.3 Å². The highest BCUT2D eigenvalue weighted by molar-refractivity contribution is 9.10. The molecule has 2 amide bonds. The number of nitrogens with zero attached hydrogens (tertiary/aromatic N) is 1. The number of hydrogen-bond acceptors (Lipinski definition) is 5. The maximum Gasteiger partial charge on any atom is 0.270 e. The Bertz CT molecular complexity index is 864. The van der Waals surface area contributed by atoms with Crippen LogP contribution >= 0.6 is 27.7 Å². The van der Waals surface area contributed by atoms with Gasteiger partial charge in [0.25, 0.3) is 11.1 Å². The molecule has 3 rings (SSSR count). The van der Waals surface area contributed by atoms with Gasteiger partial charge in [-0.05, 0) is 40.2 Å². The molecule has 0 aliphatic rings. The number of rotatable bonds is 4. The van der Waals surface area contributed by atoms with E-state index in [2.05, 4.69) is 31.8 Å². The maximum absolute atomic E-state index is 12.0. The Morgan fingerprint density at radius 1 is 1.08 bits per heavy atom. The fourth-order valence-corrected chi connectivity index (χ4v) is 3.02. The predicted molar refractivity (Wildman–Crippen MR) is 94.5 cm³/mol. The SMILES string of the molecule is O=C(CSc1nc2ccccc2o1)NNC(=O)c1ccccc1Br. The second kappa shape index (κ2) is 7.50. The monoisotopic (exact) mass is 405 g/mol. The highest BCUT2D eigenvalue weighted by atomic mass is 79.9. The molecule has 2 aromatic carbocycles. The number of carbonyl (C=O) groups is 2. The van der Waals surface area contributed by atoms with Crippen LogP contribution in [0.3, 0.4) is 0 Å². The summed E-state index contributed by atoms with van der Waals surface area (Å²) in [6.07, 6.45) is 0. The highest BCUT2D eigenvalue weighted by Crippen LogP contribution is 2.22. The summed E-state index contributed by atoms with van der Waals surface area (Å²) in [5.41, 5.74) is 6.57. The Morgan fingerprint density at radius 3 is 2.62 bits per heavy atom. The van der Waals surface area contributed by atoms with E-state index in [9.17, 15) is 9.59 Å². The zero-order chi connectivity index (χ0) is 16.9. The van der Waals surface area contributed by atoms with Gasteiger partial charge in [0.05, 0.1) is 11.3 Å². The zero-order valence-corrected chi connectivity index (χ0v) is 14.7. The molecule has 122 valence electrons. The summed E-state index contributed by atoms with van der Waals surface area (Å²) in [5, 5.41) is 0.406. The smallest absolute Gasteiger partial charge is 0.270 e. The summed E-state index contributed by atoms with van der Waals surface area (Å²) >= 11 is 4.44. The molecule has 1 heterocycles. The fourth-order valence-electron chi connectivity index (χ4n) is 1.92. The molecule has 0 spiro atoms. The van der Waals surface area contributed by atoms with Crippen molar-refractivity contribution in [1.29, 1.82) is 0 Å². The van der Waals surface area contributed by atoms with Crippen molar-refractivity contribution in [3.05, 3.63) is 58.6 Å². The average Bonchev–Trinajstić information content (AvgIpc) is 3.01.